The van der Waals surface area contributed by atoms with E-state index < -0.39 is 5.69 Å². The molecule has 0 rings (SSSR count). The van der Waals surface area contributed by atoms with Crippen LogP contribution in [-0.2, 0) is 33.5 Å². The van der Waals surface area contributed by atoms with Gasteiger partial charge in [-0.2, -0.15) is 0 Å². The fourth-order valence-electron chi connectivity index (χ4n) is 0.150. The van der Waals surface area contributed by atoms with E-state index in [1.54, 1.807) is 6.08 Å². The Labute approximate surface area is 78.5 Å². The quantitative estimate of drug-likeness (QED) is 0.423. The van der Waals surface area contributed by atoms with E-state index in [9.17, 15) is 0 Å². The summed E-state index contributed by atoms with van der Waals surface area (Å²) in [5, 5.41) is 0. The number of hydrogen-bond acceptors (Lipinski definition) is 2. The third-order valence-electron chi connectivity index (χ3n) is 0.361. The van der Waals surface area contributed by atoms with E-state index in [2.05, 4.69) is 18.4 Å². The first kappa shape index (κ1) is 13.0. The summed E-state index contributed by atoms with van der Waals surface area (Å²) >= 11 is 5.24. The molecule has 0 spiro atoms. The van der Waals surface area contributed by atoms with Crippen LogP contribution >= 0.6 is 17.1 Å². The van der Waals surface area contributed by atoms with Crippen molar-refractivity contribution in [3.63, 3.8) is 0 Å². The normalized spacial score (nSPS) is 10.0. The van der Waals surface area contributed by atoms with Crippen LogP contribution in [0.3, 0.4) is 0 Å². The van der Waals surface area contributed by atoms with Crippen molar-refractivity contribution in [1.82, 2.24) is 0 Å². The Bertz CT molecular complexity index is 123. The van der Waals surface area contributed by atoms with Gasteiger partial charge in [0.2, 0.25) is 5.69 Å². The maximum absolute atomic E-state index is 8.55. The number of rotatable bonds is 3. The van der Waals surface area contributed by atoms with Gasteiger partial charge in [-0.05, 0) is 11.8 Å². The molecule has 0 heterocycles. The van der Waals surface area contributed by atoms with Gasteiger partial charge in [0, 0.05) is 27.5 Å². The molecule has 0 bridgehead atoms. The summed E-state index contributed by atoms with van der Waals surface area (Å²) in [6.45, 7) is 3.39. The molecular formula is C3H7O2PS2Ti. The van der Waals surface area contributed by atoms with Crippen LogP contribution in [0, 0.1) is 0 Å². The minimum atomic E-state index is -3.00. The van der Waals surface area contributed by atoms with E-state index in [1.807, 2.05) is 0 Å². The summed E-state index contributed by atoms with van der Waals surface area (Å²) in [7, 11) is 0. The van der Waals surface area contributed by atoms with Gasteiger partial charge in [0.05, 0.1) is 0 Å². The van der Waals surface area contributed by atoms with Crippen LogP contribution in [0.1, 0.15) is 0 Å². The van der Waals surface area contributed by atoms with E-state index in [1.165, 1.54) is 0 Å². The molecule has 52 valence electrons. The van der Waals surface area contributed by atoms with Gasteiger partial charge in [-0.3, -0.25) is 0 Å². The van der Waals surface area contributed by atoms with Gasteiger partial charge < -0.3 is 9.79 Å². The maximum atomic E-state index is 8.55. The third kappa shape index (κ3) is 12.5. The van der Waals surface area contributed by atoms with Crippen molar-refractivity contribution in [3.8, 4) is 0 Å². The molecule has 9 heavy (non-hydrogen) atoms. The van der Waals surface area contributed by atoms with Crippen LogP contribution in [-0.4, -0.2) is 15.5 Å². The van der Waals surface area contributed by atoms with Crippen molar-refractivity contribution in [2.24, 2.45) is 0 Å². The topological polar surface area (TPSA) is 40.5 Å². The van der Waals surface area contributed by atoms with E-state index in [0.717, 1.165) is 11.4 Å². The molecule has 0 aliphatic heterocycles. The van der Waals surface area contributed by atoms with Crippen molar-refractivity contribution in [2.45, 2.75) is 0 Å². The first-order chi connectivity index (χ1) is 3.56. The summed E-state index contributed by atoms with van der Waals surface area (Å²) < 4.78 is 0. The Hall–Kier alpha value is 1.37. The largest absolute Gasteiger partial charge is 0.338 e. The molecule has 0 radical (unpaired) electrons. The average molecular weight is 218 g/mol. The van der Waals surface area contributed by atoms with Crippen LogP contribution < -0.4 is 0 Å². The molecule has 0 unspecified atom stereocenters. The van der Waals surface area contributed by atoms with E-state index >= 15 is 0 Å². The molecule has 2 nitrogen and oxygen atoms in total. The zero-order valence-corrected chi connectivity index (χ0v) is 8.74. The standard InChI is InChI=1S/C3H7O2PS2.Ti/c1-2-3-8-6(4,5)7;/h2H,1,3H2,(H2,4,5,7);. The maximum Gasteiger partial charge on any atom is 0.242 e. The second kappa shape index (κ2) is 6.11. The molecule has 0 fully saturated rings. The van der Waals surface area contributed by atoms with Gasteiger partial charge in [-0.25, -0.2) is 0 Å². The summed E-state index contributed by atoms with van der Waals surface area (Å²) in [5.41, 5.74) is -3.00. The number of hydrogen-bond donors (Lipinski definition) is 2. The summed E-state index contributed by atoms with van der Waals surface area (Å²) in [4.78, 5) is 17.1. The van der Waals surface area contributed by atoms with Gasteiger partial charge >= 0.3 is 0 Å². The molecule has 0 aliphatic rings. The summed E-state index contributed by atoms with van der Waals surface area (Å²) in [6, 6.07) is 0. The predicted octanol–water partition coefficient (Wildman–Crippen LogP) is 1.11. The summed E-state index contributed by atoms with van der Waals surface area (Å²) in [5.74, 6) is 0.504. The minimum absolute atomic E-state index is 0. The van der Waals surface area contributed by atoms with Gasteiger partial charge in [0.25, 0.3) is 0 Å². The summed E-state index contributed by atoms with van der Waals surface area (Å²) in [6.07, 6.45) is 1.58. The molecule has 2 N–H and O–H groups in total. The molecule has 0 aliphatic carbocycles. The third-order valence-corrected chi connectivity index (χ3v) is 3.49. The van der Waals surface area contributed by atoms with Crippen molar-refractivity contribution < 1.29 is 31.5 Å². The second-order valence-corrected chi connectivity index (χ2v) is 7.17. The van der Waals surface area contributed by atoms with Gasteiger partial charge in [-0.1, -0.05) is 17.5 Å². The molecule has 0 saturated carbocycles. The molecule has 0 aromatic heterocycles. The first-order valence-electron chi connectivity index (χ1n) is 1.87. The average Bonchev–Trinajstić information content (AvgIpc) is 1.59. The Balaban J connectivity index is 0. The zero-order valence-electron chi connectivity index (χ0n) is 4.65. The van der Waals surface area contributed by atoms with Gasteiger partial charge in [-0.15, -0.1) is 6.58 Å². The van der Waals surface area contributed by atoms with Crippen LogP contribution in [0.25, 0.3) is 0 Å². The molecule has 0 atom stereocenters. The fourth-order valence-corrected chi connectivity index (χ4v) is 1.90. The smallest absolute Gasteiger partial charge is 0.242 e. The minimum Gasteiger partial charge on any atom is -0.338 e. The van der Waals surface area contributed by atoms with E-state index in [0.29, 0.717) is 5.75 Å². The monoisotopic (exact) mass is 218 g/mol. The van der Waals surface area contributed by atoms with Crippen LogP contribution in [0.5, 0.6) is 0 Å². The van der Waals surface area contributed by atoms with Gasteiger partial charge in [0.15, 0.2) is 0 Å². The Kier molecular flexibility index (Phi) is 8.82. The van der Waals surface area contributed by atoms with E-state index in [4.69, 9.17) is 9.79 Å². The molecular weight excluding hydrogens is 211 g/mol. The molecule has 0 aromatic carbocycles. The van der Waals surface area contributed by atoms with Crippen molar-refractivity contribution in [1.29, 1.82) is 0 Å². The van der Waals surface area contributed by atoms with E-state index in [-0.39, 0.29) is 21.7 Å². The zero-order chi connectivity index (χ0) is 6.62. The Morgan fingerprint density at radius 3 is 2.22 bits per heavy atom. The van der Waals surface area contributed by atoms with Crippen LogP contribution in [0.15, 0.2) is 12.7 Å². The van der Waals surface area contributed by atoms with Crippen molar-refractivity contribution in [3.05, 3.63) is 12.7 Å². The van der Waals surface area contributed by atoms with Gasteiger partial charge in [0.1, 0.15) is 0 Å². The molecule has 0 saturated heterocycles. The Morgan fingerprint density at radius 2 is 2.11 bits per heavy atom. The van der Waals surface area contributed by atoms with Crippen LogP contribution in [0.2, 0.25) is 0 Å². The first-order valence-corrected chi connectivity index (χ1v) is 6.17. The molecule has 6 heteroatoms. The second-order valence-electron chi connectivity index (χ2n) is 1.08. The predicted molar refractivity (Wildman–Crippen MR) is 41.4 cm³/mol. The van der Waals surface area contributed by atoms with Crippen molar-refractivity contribution >= 4 is 28.9 Å². The molecule has 0 aromatic rings. The molecule has 0 amide bonds. The van der Waals surface area contributed by atoms with Crippen LogP contribution in [0.4, 0.5) is 0 Å². The fraction of sp³-hybridized carbons (Fsp3) is 0.333. The SMILES string of the molecule is C=CCSP(O)(O)=S.[Ti]. The van der Waals surface area contributed by atoms with Crippen molar-refractivity contribution in [2.75, 3.05) is 5.75 Å². The Morgan fingerprint density at radius 1 is 1.67 bits per heavy atom.